The molecule has 6 nitrogen and oxygen atoms in total. The molecule has 0 spiro atoms. The van der Waals surface area contributed by atoms with E-state index in [9.17, 15) is 5.11 Å². The highest BCUT2D eigenvalue weighted by Gasteiger charge is 2.06. The van der Waals surface area contributed by atoms with Crippen molar-refractivity contribution in [3.63, 3.8) is 0 Å². The van der Waals surface area contributed by atoms with Gasteiger partial charge in [-0.15, -0.1) is 5.10 Å². The third kappa shape index (κ3) is 3.96. The second kappa shape index (κ2) is 7.49. The molecule has 0 aliphatic rings. The van der Waals surface area contributed by atoms with E-state index in [4.69, 9.17) is 4.74 Å². The molecular formula is C14H20N4O2. The number of phenolic OH excluding ortho intramolecular Hbond substituents is 1. The summed E-state index contributed by atoms with van der Waals surface area (Å²) in [5.74, 6) is 0.757. The Kier molecular flexibility index (Phi) is 5.37. The summed E-state index contributed by atoms with van der Waals surface area (Å²) in [7, 11) is 0. The molecule has 0 saturated carbocycles. The monoisotopic (exact) mass is 276 g/mol. The molecule has 6 heteroatoms. The standard InChI is InChI=1S/C14H20N4O2/c1-2-20-13-6-3-5-12(14(13)19)11-15-7-4-9-18-10-8-16-17-18/h3,5-6,8,10,15,19H,2,4,7,9,11H2,1H3. The summed E-state index contributed by atoms with van der Waals surface area (Å²) in [5.41, 5.74) is 0.844. The van der Waals surface area contributed by atoms with Gasteiger partial charge in [0.05, 0.1) is 12.8 Å². The average molecular weight is 276 g/mol. The summed E-state index contributed by atoms with van der Waals surface area (Å²) in [5, 5.41) is 21.0. The number of aromatic nitrogens is 3. The number of phenols is 1. The molecule has 20 heavy (non-hydrogen) atoms. The number of rotatable bonds is 8. The number of hydrogen-bond donors (Lipinski definition) is 2. The van der Waals surface area contributed by atoms with Crippen molar-refractivity contribution in [3.05, 3.63) is 36.2 Å². The summed E-state index contributed by atoms with van der Waals surface area (Å²) in [4.78, 5) is 0. The highest BCUT2D eigenvalue weighted by molar-refractivity contribution is 5.45. The minimum absolute atomic E-state index is 0.220. The Morgan fingerprint density at radius 3 is 3.05 bits per heavy atom. The molecule has 108 valence electrons. The molecule has 0 saturated heterocycles. The van der Waals surface area contributed by atoms with Gasteiger partial charge in [0.15, 0.2) is 11.5 Å². The van der Waals surface area contributed by atoms with Crippen LogP contribution in [0, 0.1) is 0 Å². The highest BCUT2D eigenvalue weighted by Crippen LogP contribution is 2.29. The maximum atomic E-state index is 10.0. The van der Waals surface area contributed by atoms with Crippen LogP contribution < -0.4 is 10.1 Å². The van der Waals surface area contributed by atoms with E-state index in [0.717, 1.165) is 25.1 Å². The lowest BCUT2D eigenvalue weighted by Crippen LogP contribution is -2.17. The van der Waals surface area contributed by atoms with Crippen LogP contribution in [-0.4, -0.2) is 33.3 Å². The first-order valence-electron chi connectivity index (χ1n) is 6.79. The second-order valence-corrected chi connectivity index (χ2v) is 4.39. The number of para-hydroxylation sites is 1. The van der Waals surface area contributed by atoms with E-state index in [1.807, 2.05) is 25.3 Å². The lowest BCUT2D eigenvalue weighted by Gasteiger charge is -2.10. The topological polar surface area (TPSA) is 72.2 Å². The van der Waals surface area contributed by atoms with Crippen molar-refractivity contribution >= 4 is 0 Å². The SMILES string of the molecule is CCOc1cccc(CNCCCn2ccnn2)c1O. The Labute approximate surface area is 118 Å². The molecule has 0 radical (unpaired) electrons. The molecular weight excluding hydrogens is 256 g/mol. The molecule has 2 aromatic rings. The largest absolute Gasteiger partial charge is 0.504 e. The van der Waals surface area contributed by atoms with Gasteiger partial charge in [0, 0.05) is 24.8 Å². The van der Waals surface area contributed by atoms with E-state index >= 15 is 0 Å². The van der Waals surface area contributed by atoms with E-state index < -0.39 is 0 Å². The van der Waals surface area contributed by atoms with E-state index in [-0.39, 0.29) is 5.75 Å². The zero-order valence-electron chi connectivity index (χ0n) is 11.6. The van der Waals surface area contributed by atoms with Gasteiger partial charge in [0.25, 0.3) is 0 Å². The first kappa shape index (κ1) is 14.3. The Balaban J connectivity index is 1.75. The zero-order chi connectivity index (χ0) is 14.2. The van der Waals surface area contributed by atoms with E-state index in [1.54, 1.807) is 16.9 Å². The van der Waals surface area contributed by atoms with Gasteiger partial charge in [0.2, 0.25) is 0 Å². The third-order valence-corrected chi connectivity index (χ3v) is 2.91. The van der Waals surface area contributed by atoms with Crippen LogP contribution in [0.15, 0.2) is 30.6 Å². The first-order valence-corrected chi connectivity index (χ1v) is 6.79. The molecule has 2 rings (SSSR count). The van der Waals surface area contributed by atoms with Crippen LogP contribution in [0.25, 0.3) is 0 Å². The lowest BCUT2D eigenvalue weighted by atomic mass is 10.2. The molecule has 1 aromatic heterocycles. The summed E-state index contributed by atoms with van der Waals surface area (Å²) in [6.07, 6.45) is 4.47. The number of nitrogens with one attached hydrogen (secondary N) is 1. The molecule has 0 fully saturated rings. The van der Waals surface area contributed by atoms with Crippen molar-refractivity contribution in [2.24, 2.45) is 0 Å². The predicted molar refractivity (Wildman–Crippen MR) is 75.6 cm³/mol. The van der Waals surface area contributed by atoms with E-state index in [0.29, 0.717) is 18.9 Å². The van der Waals surface area contributed by atoms with Gasteiger partial charge in [-0.2, -0.15) is 0 Å². The van der Waals surface area contributed by atoms with Crippen molar-refractivity contribution in [1.29, 1.82) is 0 Å². The number of ether oxygens (including phenoxy) is 1. The summed E-state index contributed by atoms with van der Waals surface area (Å²) < 4.78 is 7.16. The molecule has 0 unspecified atom stereocenters. The predicted octanol–water partition coefficient (Wildman–Crippen LogP) is 1.56. The Morgan fingerprint density at radius 2 is 2.30 bits per heavy atom. The van der Waals surface area contributed by atoms with Gasteiger partial charge in [-0.1, -0.05) is 17.3 Å². The number of nitrogens with zero attached hydrogens (tertiary/aromatic N) is 3. The van der Waals surface area contributed by atoms with Gasteiger partial charge < -0.3 is 15.2 Å². The van der Waals surface area contributed by atoms with Gasteiger partial charge in [-0.05, 0) is 26.0 Å². The van der Waals surface area contributed by atoms with Crippen LogP contribution in [0.5, 0.6) is 11.5 Å². The Hall–Kier alpha value is -2.08. The minimum atomic E-state index is 0.220. The Morgan fingerprint density at radius 1 is 1.40 bits per heavy atom. The van der Waals surface area contributed by atoms with Crippen LogP contribution in [0.2, 0.25) is 0 Å². The summed E-state index contributed by atoms with van der Waals surface area (Å²) >= 11 is 0. The average Bonchev–Trinajstić information content (AvgIpc) is 2.96. The number of benzene rings is 1. The molecule has 2 N–H and O–H groups in total. The molecule has 1 heterocycles. The normalized spacial score (nSPS) is 10.7. The van der Waals surface area contributed by atoms with Crippen molar-refractivity contribution in [1.82, 2.24) is 20.3 Å². The number of aryl methyl sites for hydroxylation is 1. The zero-order valence-corrected chi connectivity index (χ0v) is 11.6. The van der Waals surface area contributed by atoms with Gasteiger partial charge >= 0.3 is 0 Å². The van der Waals surface area contributed by atoms with Crippen LogP contribution >= 0.6 is 0 Å². The summed E-state index contributed by atoms with van der Waals surface area (Å²) in [6, 6.07) is 5.55. The summed E-state index contributed by atoms with van der Waals surface area (Å²) in [6.45, 7) is 4.73. The highest BCUT2D eigenvalue weighted by atomic mass is 16.5. The van der Waals surface area contributed by atoms with Crippen molar-refractivity contribution in [3.8, 4) is 11.5 Å². The first-order chi connectivity index (χ1) is 9.81. The quantitative estimate of drug-likeness (QED) is 0.716. The fraction of sp³-hybridized carbons (Fsp3) is 0.429. The molecule has 0 amide bonds. The van der Waals surface area contributed by atoms with Gasteiger partial charge in [0.1, 0.15) is 0 Å². The molecule has 0 aliphatic heterocycles. The minimum Gasteiger partial charge on any atom is -0.504 e. The van der Waals surface area contributed by atoms with Crippen LogP contribution in [0.4, 0.5) is 0 Å². The van der Waals surface area contributed by atoms with E-state index in [1.165, 1.54) is 0 Å². The fourth-order valence-corrected chi connectivity index (χ4v) is 1.92. The maximum Gasteiger partial charge on any atom is 0.162 e. The number of hydrogen-bond acceptors (Lipinski definition) is 5. The molecule has 0 bridgehead atoms. The van der Waals surface area contributed by atoms with Crippen molar-refractivity contribution < 1.29 is 9.84 Å². The van der Waals surface area contributed by atoms with Crippen LogP contribution in [0.1, 0.15) is 18.9 Å². The Bertz CT molecular complexity index is 514. The second-order valence-electron chi connectivity index (χ2n) is 4.39. The molecule has 0 aliphatic carbocycles. The fourth-order valence-electron chi connectivity index (χ4n) is 1.92. The van der Waals surface area contributed by atoms with Crippen molar-refractivity contribution in [2.45, 2.75) is 26.4 Å². The van der Waals surface area contributed by atoms with Crippen LogP contribution in [-0.2, 0) is 13.1 Å². The van der Waals surface area contributed by atoms with E-state index in [2.05, 4.69) is 15.6 Å². The third-order valence-electron chi connectivity index (χ3n) is 2.91. The smallest absolute Gasteiger partial charge is 0.162 e. The maximum absolute atomic E-state index is 10.0. The van der Waals surface area contributed by atoms with Crippen LogP contribution in [0.3, 0.4) is 0 Å². The van der Waals surface area contributed by atoms with Gasteiger partial charge in [-0.25, -0.2) is 0 Å². The van der Waals surface area contributed by atoms with Crippen molar-refractivity contribution in [2.75, 3.05) is 13.2 Å². The van der Waals surface area contributed by atoms with Gasteiger partial charge in [-0.3, -0.25) is 4.68 Å². The molecule has 1 aromatic carbocycles. The molecule has 0 atom stereocenters. The lowest BCUT2D eigenvalue weighted by molar-refractivity contribution is 0.316. The number of aromatic hydroxyl groups is 1.